The predicted octanol–water partition coefficient (Wildman–Crippen LogP) is 3.39. The van der Waals surface area contributed by atoms with Crippen LogP contribution in [0, 0.1) is 11.8 Å². The van der Waals surface area contributed by atoms with Crippen LogP contribution in [-0.2, 0) is 17.1 Å². The molecule has 0 radical (unpaired) electrons. The van der Waals surface area contributed by atoms with Crippen molar-refractivity contribution in [2.75, 3.05) is 6.54 Å². The maximum atomic E-state index is 11.5. The van der Waals surface area contributed by atoms with Crippen LogP contribution in [0.5, 0.6) is 0 Å². The zero-order chi connectivity index (χ0) is 15.6. The van der Waals surface area contributed by atoms with E-state index in [0.717, 1.165) is 16.7 Å². The molecule has 0 saturated heterocycles. The lowest BCUT2D eigenvalue weighted by molar-refractivity contribution is 0.141. The highest BCUT2D eigenvalue weighted by molar-refractivity contribution is 7.79. The molecule has 112 valence electrons. The number of carbonyl (C=O) groups is 1. The van der Waals surface area contributed by atoms with Crippen molar-refractivity contribution in [1.82, 2.24) is 5.32 Å². The maximum absolute atomic E-state index is 11.5. The first kappa shape index (κ1) is 16.0. The first-order valence-corrected chi connectivity index (χ1v) is 7.54. The average molecular weight is 311 g/mol. The SMILES string of the molecule is O=C(NCC#Cc1cccc(CS)c1)OCc1ccccc1. The summed E-state index contributed by atoms with van der Waals surface area (Å²) in [7, 11) is 0. The minimum Gasteiger partial charge on any atom is -0.445 e. The molecular formula is C18H17NO2S. The zero-order valence-electron chi connectivity index (χ0n) is 12.1. The molecule has 0 unspecified atom stereocenters. The summed E-state index contributed by atoms with van der Waals surface area (Å²) in [5, 5.41) is 2.60. The van der Waals surface area contributed by atoms with E-state index in [9.17, 15) is 4.79 Å². The number of nitrogens with one attached hydrogen (secondary N) is 1. The largest absolute Gasteiger partial charge is 0.445 e. The average Bonchev–Trinajstić information content (AvgIpc) is 2.58. The van der Waals surface area contributed by atoms with Crippen molar-refractivity contribution in [3.8, 4) is 11.8 Å². The Morgan fingerprint density at radius 1 is 1.09 bits per heavy atom. The van der Waals surface area contributed by atoms with Gasteiger partial charge in [-0.2, -0.15) is 12.6 Å². The fourth-order valence-electron chi connectivity index (χ4n) is 1.78. The van der Waals surface area contributed by atoms with Gasteiger partial charge in [0, 0.05) is 11.3 Å². The number of hydrogen-bond donors (Lipinski definition) is 2. The maximum Gasteiger partial charge on any atom is 0.408 e. The van der Waals surface area contributed by atoms with E-state index in [1.807, 2.05) is 54.6 Å². The Morgan fingerprint density at radius 3 is 2.64 bits per heavy atom. The fourth-order valence-corrected chi connectivity index (χ4v) is 1.98. The molecular weight excluding hydrogens is 294 g/mol. The van der Waals surface area contributed by atoms with Crippen LogP contribution in [0.3, 0.4) is 0 Å². The second-order valence-electron chi connectivity index (χ2n) is 4.58. The van der Waals surface area contributed by atoms with Gasteiger partial charge in [-0.1, -0.05) is 54.3 Å². The molecule has 0 atom stereocenters. The molecule has 0 aromatic heterocycles. The molecule has 22 heavy (non-hydrogen) atoms. The van der Waals surface area contributed by atoms with Gasteiger partial charge in [-0.05, 0) is 23.3 Å². The smallest absolute Gasteiger partial charge is 0.408 e. The van der Waals surface area contributed by atoms with E-state index in [0.29, 0.717) is 5.75 Å². The summed E-state index contributed by atoms with van der Waals surface area (Å²) in [5.74, 6) is 6.57. The number of benzene rings is 2. The number of rotatable bonds is 4. The molecule has 2 aromatic carbocycles. The van der Waals surface area contributed by atoms with Crippen LogP contribution in [0.15, 0.2) is 54.6 Å². The number of thiol groups is 1. The van der Waals surface area contributed by atoms with Crippen LogP contribution in [0.4, 0.5) is 4.79 Å². The number of carbonyl (C=O) groups excluding carboxylic acids is 1. The van der Waals surface area contributed by atoms with Gasteiger partial charge in [-0.25, -0.2) is 4.79 Å². The highest BCUT2D eigenvalue weighted by atomic mass is 32.1. The second kappa shape index (κ2) is 8.81. The van der Waals surface area contributed by atoms with E-state index in [2.05, 4.69) is 29.8 Å². The Balaban J connectivity index is 1.74. The molecule has 2 rings (SSSR count). The van der Waals surface area contributed by atoms with E-state index < -0.39 is 6.09 Å². The van der Waals surface area contributed by atoms with E-state index in [4.69, 9.17) is 4.74 Å². The minimum atomic E-state index is -0.470. The minimum absolute atomic E-state index is 0.249. The molecule has 0 fully saturated rings. The number of hydrogen-bond acceptors (Lipinski definition) is 3. The van der Waals surface area contributed by atoms with Crippen molar-refractivity contribution >= 4 is 18.7 Å². The van der Waals surface area contributed by atoms with Gasteiger partial charge in [0.15, 0.2) is 0 Å². The Kier molecular flexibility index (Phi) is 6.40. The molecule has 0 bridgehead atoms. The van der Waals surface area contributed by atoms with E-state index in [-0.39, 0.29) is 13.2 Å². The molecule has 3 nitrogen and oxygen atoms in total. The van der Waals surface area contributed by atoms with Crippen molar-refractivity contribution in [2.24, 2.45) is 0 Å². The highest BCUT2D eigenvalue weighted by Crippen LogP contribution is 2.06. The van der Waals surface area contributed by atoms with Crippen LogP contribution >= 0.6 is 12.6 Å². The lowest BCUT2D eigenvalue weighted by atomic mass is 10.1. The summed E-state index contributed by atoms with van der Waals surface area (Å²) in [6.07, 6.45) is -0.470. The van der Waals surface area contributed by atoms with Crippen LogP contribution < -0.4 is 5.32 Å². The first-order chi connectivity index (χ1) is 10.8. The van der Waals surface area contributed by atoms with Gasteiger partial charge in [-0.3, -0.25) is 0 Å². The Hall–Kier alpha value is -2.38. The normalized spacial score (nSPS) is 9.50. The Morgan fingerprint density at radius 2 is 1.86 bits per heavy atom. The van der Waals surface area contributed by atoms with E-state index in [1.54, 1.807) is 0 Å². The third-order valence-electron chi connectivity index (χ3n) is 2.88. The number of ether oxygens (including phenoxy) is 1. The quantitative estimate of drug-likeness (QED) is 0.671. The van der Waals surface area contributed by atoms with Gasteiger partial charge in [0.25, 0.3) is 0 Å². The summed E-state index contributed by atoms with van der Waals surface area (Å²) in [5.41, 5.74) is 2.98. The predicted molar refractivity (Wildman–Crippen MR) is 90.6 cm³/mol. The van der Waals surface area contributed by atoms with Gasteiger partial charge in [0.05, 0.1) is 6.54 Å². The molecule has 1 N–H and O–H groups in total. The fraction of sp³-hybridized carbons (Fsp3) is 0.167. The van der Waals surface area contributed by atoms with Gasteiger partial charge < -0.3 is 10.1 Å². The molecule has 0 spiro atoms. The molecule has 0 heterocycles. The standard InChI is InChI=1S/C18H17NO2S/c20-18(21-13-16-6-2-1-3-7-16)19-11-5-10-15-8-4-9-17(12-15)14-22/h1-4,6-9,12,22H,11,13-14H2,(H,19,20). The third kappa shape index (κ3) is 5.55. The van der Waals surface area contributed by atoms with E-state index in [1.165, 1.54) is 0 Å². The van der Waals surface area contributed by atoms with Crippen molar-refractivity contribution in [1.29, 1.82) is 0 Å². The van der Waals surface area contributed by atoms with Crippen LogP contribution in [0.1, 0.15) is 16.7 Å². The Labute approximate surface area is 136 Å². The van der Waals surface area contributed by atoms with Crippen molar-refractivity contribution in [2.45, 2.75) is 12.4 Å². The van der Waals surface area contributed by atoms with Gasteiger partial charge in [0.2, 0.25) is 0 Å². The highest BCUT2D eigenvalue weighted by Gasteiger charge is 2.00. The van der Waals surface area contributed by atoms with Crippen molar-refractivity contribution in [3.05, 3.63) is 71.3 Å². The van der Waals surface area contributed by atoms with Gasteiger partial charge in [-0.15, -0.1) is 0 Å². The lowest BCUT2D eigenvalue weighted by Gasteiger charge is -2.04. The molecule has 1 amide bonds. The summed E-state index contributed by atoms with van der Waals surface area (Å²) in [6.45, 7) is 0.503. The third-order valence-corrected chi connectivity index (χ3v) is 3.24. The topological polar surface area (TPSA) is 38.3 Å². The molecule has 0 aliphatic heterocycles. The number of amides is 1. The Bertz CT molecular complexity index is 674. The number of alkyl carbamates (subject to hydrolysis) is 1. The molecule has 2 aromatic rings. The lowest BCUT2D eigenvalue weighted by Crippen LogP contribution is -2.24. The monoisotopic (exact) mass is 311 g/mol. The van der Waals surface area contributed by atoms with Crippen molar-refractivity contribution in [3.63, 3.8) is 0 Å². The molecule has 0 aliphatic rings. The molecule has 0 aliphatic carbocycles. The second-order valence-corrected chi connectivity index (χ2v) is 4.89. The van der Waals surface area contributed by atoms with Crippen molar-refractivity contribution < 1.29 is 9.53 Å². The van der Waals surface area contributed by atoms with Gasteiger partial charge in [0.1, 0.15) is 6.61 Å². The summed E-state index contributed by atoms with van der Waals surface area (Å²) >= 11 is 4.23. The zero-order valence-corrected chi connectivity index (χ0v) is 13.0. The summed E-state index contributed by atoms with van der Waals surface area (Å²) in [6, 6.07) is 17.4. The molecule has 0 saturated carbocycles. The summed E-state index contributed by atoms with van der Waals surface area (Å²) < 4.78 is 5.09. The van der Waals surface area contributed by atoms with Crippen LogP contribution in [0.2, 0.25) is 0 Å². The first-order valence-electron chi connectivity index (χ1n) is 6.91. The summed E-state index contributed by atoms with van der Waals surface area (Å²) in [4.78, 5) is 11.5. The van der Waals surface area contributed by atoms with Gasteiger partial charge >= 0.3 is 6.09 Å². The van der Waals surface area contributed by atoms with Crippen LogP contribution in [-0.4, -0.2) is 12.6 Å². The van der Waals surface area contributed by atoms with Crippen LogP contribution in [0.25, 0.3) is 0 Å². The molecule has 4 heteroatoms. The van der Waals surface area contributed by atoms with E-state index >= 15 is 0 Å².